The van der Waals surface area contributed by atoms with Crippen LogP contribution >= 0.6 is 9.12 Å². The summed E-state index contributed by atoms with van der Waals surface area (Å²) in [5, 5.41) is 23.2. The van der Waals surface area contributed by atoms with E-state index in [1.165, 1.54) is 27.6 Å². The van der Waals surface area contributed by atoms with Crippen molar-refractivity contribution < 1.29 is 31.2 Å². The Hall–Kier alpha value is -11.2. The van der Waals surface area contributed by atoms with Gasteiger partial charge in [0, 0.05) is 85.2 Å². The molecule has 1 radical (unpaired) electrons. The molecule has 10 aromatic carbocycles. The second-order valence-corrected chi connectivity index (χ2v) is 24.4. The number of pyridine rings is 7. The minimum absolute atomic E-state index is 0. The van der Waals surface area contributed by atoms with E-state index >= 15 is 0 Å². The molecule has 0 aliphatic rings. The second kappa shape index (κ2) is 30.9. The molecule has 0 saturated heterocycles. The van der Waals surface area contributed by atoms with E-state index in [4.69, 9.17) is 26.1 Å². The number of ether oxygens (including phenoxy) is 1. The van der Waals surface area contributed by atoms with Crippen LogP contribution in [0, 0.1) is 21.0 Å². The smallest absolute Gasteiger partial charge is 0.872 e. The SMILES string of the molecule is C[B]P.Cc1cc(-c2ccccc2)c2ccc3c(-c4ccccc4)cc(C)nc3c2n1.[Be+2].[CH2-]Oc1cccc2ccc3ccc[nH+]c3c12.[O-]c1cccc2ccc3ccc[nH+]c3c12.c1cnc2c([O][Al]([O]c3cccc4cccnc34)[O]c3cccc4cccnc34)cccc2c1. The number of H-pyrrole nitrogens is 2. The molecule has 0 aliphatic carbocycles. The van der Waals surface area contributed by atoms with Crippen molar-refractivity contribution in [3.05, 3.63) is 310 Å². The molecule has 0 spiro atoms. The average molecular weight is 1290 g/mol. The molecule has 1 atom stereocenters. The Morgan fingerprint density at radius 3 is 1.20 bits per heavy atom. The summed E-state index contributed by atoms with van der Waals surface area (Å²) in [6.45, 7) is 7.99. The van der Waals surface area contributed by atoms with Gasteiger partial charge in [0.15, 0.2) is 12.4 Å². The zero-order chi connectivity index (χ0) is 65.7. The predicted octanol–water partition coefficient (Wildman–Crippen LogP) is 17.6. The van der Waals surface area contributed by atoms with E-state index in [2.05, 4.69) is 152 Å². The number of nitrogens with one attached hydrogen (secondary N) is 2. The molecule has 0 amide bonds. The molecule has 7 aromatic heterocycles. The summed E-state index contributed by atoms with van der Waals surface area (Å²) in [6, 6.07) is 86.3. The number of aromatic amines is 2. The van der Waals surface area contributed by atoms with Crippen LogP contribution < -0.4 is 31.2 Å². The fraction of sp³-hybridized carbons (Fsp3) is 0.0370. The topological polar surface area (TPSA) is 153 Å². The minimum Gasteiger partial charge on any atom is -0.872 e. The molecule has 16 heteroatoms. The Labute approximate surface area is 573 Å². The number of rotatable bonds is 9. The van der Waals surface area contributed by atoms with Gasteiger partial charge in [0.25, 0.3) is 0 Å². The van der Waals surface area contributed by atoms with Crippen LogP contribution in [0.2, 0.25) is 6.82 Å². The van der Waals surface area contributed by atoms with Crippen molar-refractivity contribution in [2.75, 3.05) is 0 Å². The van der Waals surface area contributed by atoms with Crippen LogP contribution in [-0.2, 0) is 0 Å². The van der Waals surface area contributed by atoms with Gasteiger partial charge in [0.1, 0.15) is 40.8 Å². The first-order valence-corrected chi connectivity index (χ1v) is 33.4. The van der Waals surface area contributed by atoms with Gasteiger partial charge in [-0.15, -0.1) is 0 Å². The third-order valence-electron chi connectivity index (χ3n) is 16.1. The summed E-state index contributed by atoms with van der Waals surface area (Å²) in [7, 11) is 5.95. The number of benzene rings is 10. The largest absolute Gasteiger partial charge is 2.00 e. The Kier molecular flexibility index (Phi) is 21.0. The molecule has 2 N–H and O–H groups in total. The zero-order valence-electron chi connectivity index (χ0n) is 53.6. The van der Waals surface area contributed by atoms with Crippen LogP contribution in [0.25, 0.3) is 120 Å². The Balaban J connectivity index is 0.000000127. The van der Waals surface area contributed by atoms with E-state index in [1.807, 2.05) is 178 Å². The van der Waals surface area contributed by atoms with Gasteiger partial charge >= 0.3 is 25.3 Å². The molecule has 0 bridgehead atoms. The molecular formula is C81H63AlBBeN7O5P+2. The molecule has 12 nitrogen and oxygen atoms in total. The maximum atomic E-state index is 11.8. The van der Waals surface area contributed by atoms with Crippen molar-refractivity contribution in [2.45, 2.75) is 20.7 Å². The van der Waals surface area contributed by atoms with Gasteiger partial charge in [-0.1, -0.05) is 182 Å². The van der Waals surface area contributed by atoms with Crippen molar-refractivity contribution in [2.24, 2.45) is 0 Å². The molecule has 17 rings (SSSR count). The van der Waals surface area contributed by atoms with Crippen LogP contribution in [0.5, 0.6) is 28.7 Å². The zero-order valence-corrected chi connectivity index (χ0v) is 55.9. The Morgan fingerprint density at radius 2 is 0.763 bits per heavy atom. The fourth-order valence-corrected chi connectivity index (χ4v) is 13.2. The Morgan fingerprint density at radius 1 is 0.402 bits per heavy atom. The van der Waals surface area contributed by atoms with Crippen LogP contribution in [0.4, 0.5) is 0 Å². The summed E-state index contributed by atoms with van der Waals surface area (Å²) in [4.78, 5) is 29.7. The summed E-state index contributed by atoms with van der Waals surface area (Å²) in [6.07, 6.45) is 9.00. The molecule has 1 unspecified atom stereocenters. The maximum absolute atomic E-state index is 11.8. The monoisotopic (exact) mass is 1290 g/mol. The predicted molar refractivity (Wildman–Crippen MR) is 399 cm³/mol. The van der Waals surface area contributed by atoms with Crippen molar-refractivity contribution in [3.63, 3.8) is 0 Å². The number of hydrogen-bond acceptors (Lipinski definition) is 10. The van der Waals surface area contributed by atoms with Crippen LogP contribution in [0.3, 0.4) is 0 Å². The summed E-state index contributed by atoms with van der Waals surface area (Å²) < 4.78 is 24.4. The normalized spacial score (nSPS) is 10.7. The van der Waals surface area contributed by atoms with E-state index < -0.39 is 15.1 Å². The van der Waals surface area contributed by atoms with Gasteiger partial charge < -0.3 is 21.2 Å². The molecular weight excluding hydrogens is 1230 g/mol. The second-order valence-electron chi connectivity index (χ2n) is 22.4. The third-order valence-corrected chi connectivity index (χ3v) is 17.4. The fourth-order valence-electron chi connectivity index (χ4n) is 11.8. The molecule has 0 aliphatic heterocycles. The molecule has 97 heavy (non-hydrogen) atoms. The molecule has 0 fully saturated rings. The minimum atomic E-state index is -2.86. The molecule has 7 heterocycles. The van der Waals surface area contributed by atoms with Gasteiger partial charge in [0.2, 0.25) is 11.0 Å². The first kappa shape index (κ1) is 65.8. The Bertz CT molecular complexity index is 5300. The quantitative estimate of drug-likeness (QED) is 0.0591. The van der Waals surface area contributed by atoms with Gasteiger partial charge in [-0.05, 0) is 126 Å². The summed E-state index contributed by atoms with van der Waals surface area (Å²) in [5.74, 6) is 2.69. The van der Waals surface area contributed by atoms with Crippen LogP contribution in [0.15, 0.2) is 292 Å². The third kappa shape index (κ3) is 14.7. The number of nitrogens with zero attached hydrogens (tertiary/aromatic N) is 5. The standard InChI is InChI=1S/C26H20N2.C14H10NO.C13H9NO.3C9H7NO.CH5BP.Al.Be/c1-17-15-23(19-9-5-3-6-10-19)21-13-14-22-24(20-11-7-4-8-12-20)16-18(2)28-26(22)25(21)27-17;1-16-12-6-2-4-10-7-8-11-5-3-9-15-14(11)13(10)12;15-11-5-1-3-9-6-7-10-4-2-8-14-13(10)12(9)11;3*11-8-5-1-3-7-4-2-6-10-9(7)8;1-2-3;;/h3-16H,1-2H3;2-9H,1H2;1-8,15H;3*1-6,11H;3H2,1H3;;/q;-1;;;;;;+3;+2/p-2. The van der Waals surface area contributed by atoms with Crippen molar-refractivity contribution >= 4 is 139 Å². The van der Waals surface area contributed by atoms with E-state index in [-0.39, 0.29) is 15.9 Å². The number of para-hydroxylation sites is 3. The first-order chi connectivity index (χ1) is 47.2. The van der Waals surface area contributed by atoms with Crippen molar-refractivity contribution in [1.82, 2.24) is 24.9 Å². The van der Waals surface area contributed by atoms with Crippen LogP contribution in [-0.4, -0.2) is 57.2 Å². The number of aromatic nitrogens is 7. The van der Waals surface area contributed by atoms with Gasteiger partial charge in [-0.3, -0.25) is 24.9 Å². The molecule has 0 saturated carbocycles. The van der Waals surface area contributed by atoms with Gasteiger partial charge in [-0.25, -0.2) is 9.97 Å². The summed E-state index contributed by atoms with van der Waals surface area (Å²) >= 11 is -2.86. The first-order valence-electron chi connectivity index (χ1n) is 31.3. The van der Waals surface area contributed by atoms with E-state index in [0.29, 0.717) is 17.2 Å². The van der Waals surface area contributed by atoms with Gasteiger partial charge in [-0.2, -0.15) is 16.2 Å². The van der Waals surface area contributed by atoms with Crippen LogP contribution in [0.1, 0.15) is 11.4 Å². The number of hydrogen-bond donors (Lipinski definition) is 0. The van der Waals surface area contributed by atoms with Crippen molar-refractivity contribution in [1.29, 1.82) is 0 Å². The maximum Gasteiger partial charge on any atom is 2.00 e. The average Bonchev–Trinajstić information content (AvgIpc) is 0.757. The summed E-state index contributed by atoms with van der Waals surface area (Å²) in [5.41, 5.74) is 13.0. The van der Waals surface area contributed by atoms with E-state index in [9.17, 15) is 5.11 Å². The van der Waals surface area contributed by atoms with E-state index in [1.54, 1.807) is 30.7 Å². The number of fused-ring (bicyclic) bond motifs is 12. The molecule has 17 aromatic rings. The van der Waals surface area contributed by atoms with Gasteiger partial charge in [0.05, 0.1) is 22.2 Å². The van der Waals surface area contributed by atoms with E-state index in [0.717, 1.165) is 110 Å². The van der Waals surface area contributed by atoms with Crippen molar-refractivity contribution in [3.8, 4) is 51.0 Å². The molecule has 463 valence electrons. The number of aryl methyl sites for hydroxylation is 2.